The van der Waals surface area contributed by atoms with Crippen LogP contribution in [0.25, 0.3) is 0 Å². The SMILES string of the molecule is CCOC(=O)Cc1csc(NN=Cc2cccc(OCc3ccccc3C#N)c2)n1. The standard InChI is InChI=1S/C22H20N4O3S/c1-2-28-21(27)11-19-15-30-22(25-19)26-24-13-16-6-5-9-20(10-16)29-14-18-8-4-3-7-17(18)12-23/h3-10,13,15H,2,11,14H2,1H3,(H,25,26). The van der Waals surface area contributed by atoms with Crippen LogP contribution in [0.1, 0.15) is 29.3 Å². The van der Waals surface area contributed by atoms with E-state index in [0.29, 0.717) is 35.4 Å². The van der Waals surface area contributed by atoms with Crippen molar-refractivity contribution in [3.63, 3.8) is 0 Å². The number of carbonyl (C=O) groups excluding carboxylic acids is 1. The number of thiazole rings is 1. The summed E-state index contributed by atoms with van der Waals surface area (Å²) in [6.07, 6.45) is 1.80. The normalized spacial score (nSPS) is 10.5. The molecule has 0 aliphatic carbocycles. The Morgan fingerprint density at radius 2 is 2.17 bits per heavy atom. The van der Waals surface area contributed by atoms with Crippen LogP contribution in [-0.2, 0) is 22.6 Å². The molecule has 0 bridgehead atoms. The van der Waals surface area contributed by atoms with Gasteiger partial charge in [0.25, 0.3) is 0 Å². The lowest BCUT2D eigenvalue weighted by Gasteiger charge is -2.08. The van der Waals surface area contributed by atoms with Crippen molar-refractivity contribution in [2.75, 3.05) is 12.0 Å². The van der Waals surface area contributed by atoms with Crippen molar-refractivity contribution >= 4 is 28.7 Å². The van der Waals surface area contributed by atoms with Crippen LogP contribution in [0, 0.1) is 11.3 Å². The molecule has 0 radical (unpaired) electrons. The van der Waals surface area contributed by atoms with E-state index in [0.717, 1.165) is 11.1 Å². The summed E-state index contributed by atoms with van der Waals surface area (Å²) in [5, 5.41) is 15.7. The molecule has 0 aliphatic heterocycles. The van der Waals surface area contributed by atoms with E-state index >= 15 is 0 Å². The largest absolute Gasteiger partial charge is 0.489 e. The van der Waals surface area contributed by atoms with E-state index in [1.165, 1.54) is 11.3 Å². The van der Waals surface area contributed by atoms with Gasteiger partial charge in [-0.25, -0.2) is 4.98 Å². The maximum Gasteiger partial charge on any atom is 0.311 e. The van der Waals surface area contributed by atoms with Gasteiger partial charge in [-0.3, -0.25) is 10.2 Å². The monoisotopic (exact) mass is 420 g/mol. The molecule has 0 atom stereocenters. The van der Waals surface area contributed by atoms with Gasteiger partial charge >= 0.3 is 5.97 Å². The highest BCUT2D eigenvalue weighted by molar-refractivity contribution is 7.13. The van der Waals surface area contributed by atoms with E-state index in [2.05, 4.69) is 21.6 Å². The number of hydrazone groups is 1. The molecule has 30 heavy (non-hydrogen) atoms. The molecule has 152 valence electrons. The van der Waals surface area contributed by atoms with Gasteiger partial charge in [-0.2, -0.15) is 10.4 Å². The molecule has 2 aromatic carbocycles. The van der Waals surface area contributed by atoms with Crippen LogP contribution in [0.2, 0.25) is 0 Å². The molecule has 3 aromatic rings. The van der Waals surface area contributed by atoms with Gasteiger partial charge in [-0.15, -0.1) is 11.3 Å². The topological polar surface area (TPSA) is 96.6 Å². The third kappa shape index (κ3) is 6.15. The van der Waals surface area contributed by atoms with Crippen molar-refractivity contribution in [1.29, 1.82) is 5.26 Å². The fourth-order valence-corrected chi connectivity index (χ4v) is 3.22. The molecule has 0 unspecified atom stereocenters. The predicted molar refractivity (Wildman–Crippen MR) is 116 cm³/mol. The van der Waals surface area contributed by atoms with Gasteiger partial charge in [0.05, 0.1) is 36.6 Å². The molecular weight excluding hydrogens is 400 g/mol. The van der Waals surface area contributed by atoms with Gasteiger partial charge in [0.1, 0.15) is 12.4 Å². The van der Waals surface area contributed by atoms with Gasteiger partial charge in [-0.05, 0) is 30.7 Å². The predicted octanol–water partition coefficient (Wildman–Crippen LogP) is 4.15. The third-order valence-electron chi connectivity index (χ3n) is 3.95. The number of anilines is 1. The fourth-order valence-electron chi connectivity index (χ4n) is 2.56. The number of rotatable bonds is 9. The average molecular weight is 420 g/mol. The number of esters is 1. The Bertz CT molecular complexity index is 1070. The van der Waals surface area contributed by atoms with Gasteiger partial charge < -0.3 is 9.47 Å². The maximum absolute atomic E-state index is 11.5. The molecule has 0 fully saturated rings. The second kappa shape index (κ2) is 10.7. The van der Waals surface area contributed by atoms with Crippen LogP contribution in [0.3, 0.4) is 0 Å². The number of hydrogen-bond donors (Lipinski definition) is 1. The second-order valence-electron chi connectivity index (χ2n) is 6.13. The second-order valence-corrected chi connectivity index (χ2v) is 6.98. The molecule has 0 spiro atoms. The molecule has 1 heterocycles. The van der Waals surface area contributed by atoms with E-state index in [1.54, 1.807) is 24.6 Å². The first kappa shape index (κ1) is 21.0. The summed E-state index contributed by atoms with van der Waals surface area (Å²) in [7, 11) is 0. The Balaban J connectivity index is 1.55. The maximum atomic E-state index is 11.5. The molecule has 0 saturated carbocycles. The lowest BCUT2D eigenvalue weighted by atomic mass is 10.1. The average Bonchev–Trinajstić information content (AvgIpc) is 3.20. The lowest BCUT2D eigenvalue weighted by Crippen LogP contribution is -2.07. The highest BCUT2D eigenvalue weighted by Gasteiger charge is 2.08. The molecule has 1 aromatic heterocycles. The van der Waals surface area contributed by atoms with Gasteiger partial charge in [0.2, 0.25) is 5.13 Å². The first-order valence-electron chi connectivity index (χ1n) is 9.28. The van der Waals surface area contributed by atoms with Crippen LogP contribution in [0.4, 0.5) is 5.13 Å². The molecule has 1 N–H and O–H groups in total. The van der Waals surface area contributed by atoms with Gasteiger partial charge in [0.15, 0.2) is 0 Å². The Labute approximate surface area is 178 Å². The number of nitrogens with zero attached hydrogens (tertiary/aromatic N) is 3. The molecule has 0 saturated heterocycles. The first-order valence-corrected chi connectivity index (χ1v) is 10.2. The summed E-state index contributed by atoms with van der Waals surface area (Å²) in [4.78, 5) is 15.8. The van der Waals surface area contributed by atoms with Crippen molar-refractivity contribution in [2.45, 2.75) is 20.0 Å². The summed E-state index contributed by atoms with van der Waals surface area (Å²) >= 11 is 1.36. The van der Waals surface area contributed by atoms with E-state index in [1.807, 2.05) is 42.5 Å². The third-order valence-corrected chi connectivity index (χ3v) is 4.74. The minimum atomic E-state index is -0.299. The summed E-state index contributed by atoms with van der Waals surface area (Å²) in [5.41, 5.74) is 5.78. The number of carbonyl (C=O) groups is 1. The number of ether oxygens (including phenoxy) is 2. The van der Waals surface area contributed by atoms with Crippen LogP contribution < -0.4 is 10.2 Å². The zero-order valence-corrected chi connectivity index (χ0v) is 17.2. The highest BCUT2D eigenvalue weighted by atomic mass is 32.1. The number of nitrogens with one attached hydrogen (secondary N) is 1. The van der Waals surface area contributed by atoms with Crippen molar-refractivity contribution in [2.24, 2.45) is 5.10 Å². The summed E-state index contributed by atoms with van der Waals surface area (Å²) < 4.78 is 10.7. The smallest absolute Gasteiger partial charge is 0.311 e. The van der Waals surface area contributed by atoms with Gasteiger partial charge in [-0.1, -0.05) is 30.3 Å². The van der Waals surface area contributed by atoms with Crippen LogP contribution in [-0.4, -0.2) is 23.8 Å². The zero-order valence-electron chi connectivity index (χ0n) is 16.4. The van der Waals surface area contributed by atoms with E-state index in [-0.39, 0.29) is 12.4 Å². The summed E-state index contributed by atoms with van der Waals surface area (Å²) in [6.45, 7) is 2.43. The number of aromatic nitrogens is 1. The number of benzene rings is 2. The van der Waals surface area contributed by atoms with Crippen LogP contribution >= 0.6 is 11.3 Å². The van der Waals surface area contributed by atoms with E-state index < -0.39 is 0 Å². The Kier molecular flexibility index (Phi) is 7.52. The van der Waals surface area contributed by atoms with Gasteiger partial charge in [0, 0.05) is 10.9 Å². The number of hydrogen-bond acceptors (Lipinski definition) is 8. The molecular formula is C22H20N4O3S. The minimum absolute atomic E-state index is 0.143. The fraction of sp³-hybridized carbons (Fsp3) is 0.182. The van der Waals surface area contributed by atoms with Crippen molar-refractivity contribution in [3.8, 4) is 11.8 Å². The molecule has 0 aliphatic rings. The Hall–Kier alpha value is -3.70. The molecule has 8 heteroatoms. The van der Waals surface area contributed by atoms with Crippen molar-refractivity contribution in [3.05, 3.63) is 76.3 Å². The van der Waals surface area contributed by atoms with Crippen LogP contribution in [0.15, 0.2) is 59.0 Å². The van der Waals surface area contributed by atoms with Crippen molar-refractivity contribution < 1.29 is 14.3 Å². The quantitative estimate of drug-likeness (QED) is 0.317. The summed E-state index contributed by atoms with van der Waals surface area (Å²) in [5.74, 6) is 0.379. The van der Waals surface area contributed by atoms with Crippen molar-refractivity contribution in [1.82, 2.24) is 4.98 Å². The Morgan fingerprint density at radius 3 is 3.00 bits per heavy atom. The van der Waals surface area contributed by atoms with Crippen LogP contribution in [0.5, 0.6) is 5.75 Å². The lowest BCUT2D eigenvalue weighted by molar-refractivity contribution is -0.142. The summed E-state index contributed by atoms with van der Waals surface area (Å²) in [6, 6.07) is 17.0. The molecule has 7 nitrogen and oxygen atoms in total. The minimum Gasteiger partial charge on any atom is -0.489 e. The molecule has 3 rings (SSSR count). The van der Waals surface area contributed by atoms with E-state index in [9.17, 15) is 4.79 Å². The zero-order chi connectivity index (χ0) is 21.2. The highest BCUT2D eigenvalue weighted by Crippen LogP contribution is 2.18. The first-order chi connectivity index (χ1) is 14.7. The molecule has 0 amide bonds. The van der Waals surface area contributed by atoms with E-state index in [4.69, 9.17) is 14.7 Å². The number of nitriles is 1. The Morgan fingerprint density at radius 1 is 1.30 bits per heavy atom.